The number of hydrogen-bond donors (Lipinski definition) is 2. The molecule has 0 amide bonds. The molecule has 0 aliphatic rings. The fraction of sp³-hybridized carbons (Fsp3) is 0.273. The average Bonchev–Trinajstić information content (AvgIpc) is 3.40. The smallest absolute Gasteiger partial charge is 0.205 e. The number of nitrogens with zero attached hydrogens (tertiary/aromatic N) is 5. The van der Waals surface area contributed by atoms with Gasteiger partial charge >= 0.3 is 0 Å². The number of nitrogens with one attached hydrogen (secondary N) is 1. The molecule has 2 aromatic carbocycles. The van der Waals surface area contributed by atoms with E-state index in [0.29, 0.717) is 35.9 Å². The summed E-state index contributed by atoms with van der Waals surface area (Å²) in [5.74, 6) is 2.04. The molecule has 0 unspecified atom stereocenters. The molecule has 0 radical (unpaired) electrons. The maximum Gasteiger partial charge on any atom is 0.205 e. The van der Waals surface area contributed by atoms with Crippen LogP contribution in [-0.4, -0.2) is 30.7 Å². The van der Waals surface area contributed by atoms with Gasteiger partial charge in [-0.1, -0.05) is 42.0 Å². The van der Waals surface area contributed by atoms with Crippen LogP contribution in [0.5, 0.6) is 0 Å². The summed E-state index contributed by atoms with van der Waals surface area (Å²) in [4.78, 5) is 4.58. The van der Waals surface area contributed by atoms with Crippen LogP contribution in [0, 0.1) is 0 Å². The Balaban J connectivity index is 1.45. The molecule has 8 nitrogen and oxygen atoms in total. The number of thioether (sulfide) groups is 1. The molecule has 0 spiro atoms. The molecule has 2 aromatic heterocycles. The lowest BCUT2D eigenvalue weighted by atomic mass is 10.1. The summed E-state index contributed by atoms with van der Waals surface area (Å²) < 4.78 is 7.96. The summed E-state index contributed by atoms with van der Waals surface area (Å²) in [5, 5.41) is 25.4. The van der Waals surface area contributed by atoms with Crippen molar-refractivity contribution >= 4 is 34.3 Å². The molecule has 4 rings (SSSR count). The topological polar surface area (TPSA) is 101 Å². The highest BCUT2D eigenvalue weighted by molar-refractivity contribution is 7.98. The standard InChI is InChI=1S/C22H24N6O2S/c1-3-17(27-29)15-10-11-19-18(12-15)24-21(30-19)14-31-22-26-25-20(28(22)4-2)13-23-16-8-6-5-7-9-16/h5-12,23,29H,3-4,13-14H2,1-2H3/b27-17-. The number of anilines is 1. The van der Waals surface area contributed by atoms with Crippen molar-refractivity contribution in [3.05, 3.63) is 65.8 Å². The molecular formula is C22H24N6O2S. The third kappa shape index (κ3) is 4.72. The quantitative estimate of drug-likeness (QED) is 0.166. The maximum absolute atomic E-state index is 9.14. The Morgan fingerprint density at radius 1 is 1.16 bits per heavy atom. The molecule has 0 aliphatic heterocycles. The Hall–Kier alpha value is -3.33. The summed E-state index contributed by atoms with van der Waals surface area (Å²) in [6.07, 6.45) is 0.636. The Kier molecular flexibility index (Phi) is 6.51. The van der Waals surface area contributed by atoms with Gasteiger partial charge in [0.25, 0.3) is 0 Å². The first-order valence-corrected chi connectivity index (χ1v) is 11.1. The van der Waals surface area contributed by atoms with Crippen molar-refractivity contribution in [1.82, 2.24) is 19.7 Å². The predicted molar refractivity (Wildman–Crippen MR) is 122 cm³/mol. The van der Waals surface area contributed by atoms with Crippen molar-refractivity contribution in [2.75, 3.05) is 5.32 Å². The molecule has 9 heteroatoms. The number of oxime groups is 1. The maximum atomic E-state index is 9.14. The van der Waals surface area contributed by atoms with E-state index in [9.17, 15) is 0 Å². The van der Waals surface area contributed by atoms with Crippen LogP contribution in [0.15, 0.2) is 63.3 Å². The van der Waals surface area contributed by atoms with Gasteiger partial charge in [0, 0.05) is 17.8 Å². The molecule has 0 saturated carbocycles. The van der Waals surface area contributed by atoms with Gasteiger partial charge in [-0.3, -0.25) is 0 Å². The lowest BCUT2D eigenvalue weighted by Gasteiger charge is -2.08. The van der Waals surface area contributed by atoms with Crippen LogP contribution in [-0.2, 0) is 18.8 Å². The number of oxazole rings is 1. The van der Waals surface area contributed by atoms with Crippen LogP contribution in [0.2, 0.25) is 0 Å². The number of aromatic nitrogens is 4. The summed E-state index contributed by atoms with van der Waals surface area (Å²) in [7, 11) is 0. The van der Waals surface area contributed by atoms with Gasteiger partial charge in [-0.05, 0) is 43.7 Å². The van der Waals surface area contributed by atoms with Crippen molar-refractivity contribution < 1.29 is 9.62 Å². The summed E-state index contributed by atoms with van der Waals surface area (Å²) in [6, 6.07) is 15.6. The lowest BCUT2D eigenvalue weighted by Crippen LogP contribution is -2.08. The van der Waals surface area contributed by atoms with Gasteiger partial charge in [0.05, 0.1) is 18.0 Å². The number of benzene rings is 2. The van der Waals surface area contributed by atoms with Crippen molar-refractivity contribution in [2.24, 2.45) is 5.16 Å². The molecule has 160 valence electrons. The second-order valence-electron chi connectivity index (χ2n) is 6.84. The molecule has 2 N–H and O–H groups in total. The summed E-state index contributed by atoms with van der Waals surface area (Å²) in [6.45, 7) is 5.40. The fourth-order valence-corrected chi connectivity index (χ4v) is 4.15. The second-order valence-corrected chi connectivity index (χ2v) is 7.78. The zero-order valence-corrected chi connectivity index (χ0v) is 18.3. The monoisotopic (exact) mass is 436 g/mol. The largest absolute Gasteiger partial charge is 0.440 e. The molecular weight excluding hydrogens is 412 g/mol. The third-order valence-electron chi connectivity index (χ3n) is 4.88. The molecule has 0 bridgehead atoms. The SMILES string of the molecule is CC/C(=N/O)c1ccc2oc(CSc3nnc(CNc4ccccc4)n3CC)nc2c1. The molecule has 4 aromatic rings. The van der Waals surface area contributed by atoms with Gasteiger partial charge in [0.1, 0.15) is 5.52 Å². The molecule has 0 atom stereocenters. The first-order chi connectivity index (χ1) is 15.2. The van der Waals surface area contributed by atoms with Gasteiger partial charge in [0.2, 0.25) is 5.89 Å². The Morgan fingerprint density at radius 3 is 2.74 bits per heavy atom. The highest BCUT2D eigenvalue weighted by atomic mass is 32.2. The minimum absolute atomic E-state index is 0.545. The first-order valence-electron chi connectivity index (χ1n) is 10.2. The zero-order valence-electron chi connectivity index (χ0n) is 17.4. The van der Waals surface area contributed by atoms with E-state index in [4.69, 9.17) is 9.62 Å². The van der Waals surface area contributed by atoms with E-state index in [1.807, 2.05) is 55.5 Å². The summed E-state index contributed by atoms with van der Waals surface area (Å²) in [5.41, 5.74) is 3.95. The molecule has 0 fully saturated rings. The molecule has 31 heavy (non-hydrogen) atoms. The number of fused-ring (bicyclic) bond motifs is 1. The predicted octanol–water partition coefficient (Wildman–Crippen LogP) is 4.93. The van der Waals surface area contributed by atoms with E-state index in [0.717, 1.165) is 34.3 Å². The normalized spacial score (nSPS) is 11.9. The number of rotatable bonds is 9. The minimum Gasteiger partial charge on any atom is -0.440 e. The molecule has 2 heterocycles. The first kappa shape index (κ1) is 20.9. The lowest BCUT2D eigenvalue weighted by molar-refractivity contribution is 0.318. The van der Waals surface area contributed by atoms with Crippen LogP contribution in [0.3, 0.4) is 0 Å². The highest BCUT2D eigenvalue weighted by Crippen LogP contribution is 2.25. The van der Waals surface area contributed by atoms with Crippen molar-refractivity contribution in [1.29, 1.82) is 0 Å². The Labute approximate surface area is 184 Å². The van der Waals surface area contributed by atoms with Crippen LogP contribution in [0.1, 0.15) is 37.5 Å². The van der Waals surface area contributed by atoms with E-state index in [1.165, 1.54) is 0 Å². The van der Waals surface area contributed by atoms with E-state index < -0.39 is 0 Å². The van der Waals surface area contributed by atoms with Gasteiger partial charge in [-0.15, -0.1) is 10.2 Å². The zero-order chi connectivity index (χ0) is 21.6. The Bertz CT molecular complexity index is 1190. The molecule has 0 aliphatic carbocycles. The van der Waals surface area contributed by atoms with Crippen LogP contribution in [0.4, 0.5) is 5.69 Å². The van der Waals surface area contributed by atoms with Gasteiger partial charge in [-0.2, -0.15) is 0 Å². The highest BCUT2D eigenvalue weighted by Gasteiger charge is 2.14. The van der Waals surface area contributed by atoms with Crippen molar-refractivity contribution in [3.8, 4) is 0 Å². The summed E-state index contributed by atoms with van der Waals surface area (Å²) >= 11 is 1.54. The minimum atomic E-state index is 0.545. The van der Waals surface area contributed by atoms with E-state index in [2.05, 4.69) is 37.1 Å². The third-order valence-corrected chi connectivity index (χ3v) is 5.83. The van der Waals surface area contributed by atoms with Gasteiger partial charge < -0.3 is 19.5 Å². The van der Waals surface area contributed by atoms with Crippen molar-refractivity contribution in [2.45, 2.75) is 44.3 Å². The van der Waals surface area contributed by atoms with Crippen LogP contribution in [0.25, 0.3) is 11.1 Å². The van der Waals surface area contributed by atoms with Gasteiger partial charge in [-0.25, -0.2) is 4.98 Å². The van der Waals surface area contributed by atoms with E-state index in [-0.39, 0.29) is 0 Å². The molecule has 0 saturated heterocycles. The second kappa shape index (κ2) is 9.65. The van der Waals surface area contributed by atoms with Crippen LogP contribution < -0.4 is 5.32 Å². The number of para-hydroxylation sites is 1. The fourth-order valence-electron chi connectivity index (χ4n) is 3.29. The van der Waals surface area contributed by atoms with Crippen LogP contribution >= 0.6 is 11.8 Å². The van der Waals surface area contributed by atoms with Gasteiger partial charge in [0.15, 0.2) is 16.6 Å². The Morgan fingerprint density at radius 2 is 2.00 bits per heavy atom. The van der Waals surface area contributed by atoms with E-state index in [1.54, 1.807) is 11.8 Å². The average molecular weight is 437 g/mol. The van der Waals surface area contributed by atoms with E-state index >= 15 is 0 Å². The van der Waals surface area contributed by atoms with Crippen molar-refractivity contribution in [3.63, 3.8) is 0 Å². The number of hydrogen-bond acceptors (Lipinski definition) is 8.